The van der Waals surface area contributed by atoms with E-state index in [2.05, 4.69) is 10.6 Å². The summed E-state index contributed by atoms with van der Waals surface area (Å²) in [5.74, 6) is -1.05. The van der Waals surface area contributed by atoms with Gasteiger partial charge in [-0.25, -0.2) is 13.2 Å². The number of anilines is 1. The molecule has 2 aromatic rings. The van der Waals surface area contributed by atoms with Crippen molar-refractivity contribution in [2.75, 3.05) is 38.2 Å². The molecule has 5 rings (SSSR count). The molecule has 2 aliphatic heterocycles. The van der Waals surface area contributed by atoms with Crippen molar-refractivity contribution in [1.82, 2.24) is 14.5 Å². The van der Waals surface area contributed by atoms with Gasteiger partial charge in [-0.1, -0.05) is 30.3 Å². The maximum absolute atomic E-state index is 13.4. The van der Waals surface area contributed by atoms with Crippen LogP contribution in [0.2, 0.25) is 0 Å². The summed E-state index contributed by atoms with van der Waals surface area (Å²) in [6.07, 6.45) is 2.03. The third-order valence-corrected chi connectivity index (χ3v) is 9.05. The van der Waals surface area contributed by atoms with Crippen molar-refractivity contribution in [2.45, 2.75) is 36.6 Å². The summed E-state index contributed by atoms with van der Waals surface area (Å²) < 4.78 is 32.9. The van der Waals surface area contributed by atoms with Crippen LogP contribution in [0.1, 0.15) is 29.5 Å². The van der Waals surface area contributed by atoms with Crippen LogP contribution < -0.4 is 10.6 Å². The number of imide groups is 1. The second-order valence-electron chi connectivity index (χ2n) is 9.28. The predicted octanol–water partition coefficient (Wildman–Crippen LogP) is 1.74. The van der Waals surface area contributed by atoms with Gasteiger partial charge in [0.1, 0.15) is 12.1 Å². The van der Waals surface area contributed by atoms with Crippen molar-refractivity contribution in [3.05, 3.63) is 59.2 Å². The largest absolute Gasteiger partial charge is 0.379 e. The number of aryl methyl sites for hydroxylation is 2. The average molecular weight is 513 g/mol. The van der Waals surface area contributed by atoms with Crippen LogP contribution in [0.4, 0.5) is 10.5 Å². The van der Waals surface area contributed by atoms with Crippen molar-refractivity contribution in [3.63, 3.8) is 0 Å². The number of fused-ring (bicyclic) bond motifs is 2. The summed E-state index contributed by atoms with van der Waals surface area (Å²) >= 11 is 0. The van der Waals surface area contributed by atoms with Crippen LogP contribution in [0.5, 0.6) is 0 Å². The fourth-order valence-electron chi connectivity index (χ4n) is 5.18. The molecular formula is C25H28N4O6S. The monoisotopic (exact) mass is 512 g/mol. The topological polar surface area (TPSA) is 125 Å². The molecule has 2 fully saturated rings. The van der Waals surface area contributed by atoms with Crippen molar-refractivity contribution in [1.29, 1.82) is 0 Å². The first kappa shape index (κ1) is 24.4. The molecule has 2 aromatic carbocycles. The number of ether oxygens (including phenoxy) is 1. The minimum atomic E-state index is -3.76. The van der Waals surface area contributed by atoms with E-state index in [0.29, 0.717) is 25.2 Å². The molecule has 11 heteroatoms. The Bertz CT molecular complexity index is 1340. The Hall–Kier alpha value is -3.28. The van der Waals surface area contributed by atoms with Crippen molar-refractivity contribution in [2.24, 2.45) is 0 Å². The summed E-state index contributed by atoms with van der Waals surface area (Å²) in [4.78, 5) is 40.1. The van der Waals surface area contributed by atoms with Crippen LogP contribution in [0, 0.1) is 6.92 Å². The van der Waals surface area contributed by atoms with Gasteiger partial charge in [-0.2, -0.15) is 4.31 Å². The molecule has 2 N–H and O–H groups in total. The lowest BCUT2D eigenvalue weighted by atomic mass is 9.76. The van der Waals surface area contributed by atoms with Gasteiger partial charge in [0, 0.05) is 18.8 Å². The van der Waals surface area contributed by atoms with E-state index in [1.807, 2.05) is 24.3 Å². The van der Waals surface area contributed by atoms with Gasteiger partial charge in [-0.3, -0.25) is 14.5 Å². The molecular weight excluding hydrogens is 484 g/mol. The smallest absolute Gasteiger partial charge is 0.325 e. The number of benzene rings is 2. The Morgan fingerprint density at radius 3 is 2.67 bits per heavy atom. The van der Waals surface area contributed by atoms with Crippen LogP contribution >= 0.6 is 0 Å². The fraction of sp³-hybridized carbons (Fsp3) is 0.400. The van der Waals surface area contributed by atoms with E-state index in [-0.39, 0.29) is 23.7 Å². The number of sulfonamides is 1. The normalized spacial score (nSPS) is 22.4. The van der Waals surface area contributed by atoms with Crippen LogP contribution in [0.3, 0.4) is 0 Å². The Morgan fingerprint density at radius 1 is 1.14 bits per heavy atom. The number of nitrogens with one attached hydrogen (secondary N) is 2. The van der Waals surface area contributed by atoms with Crippen LogP contribution in [-0.4, -0.2) is 68.3 Å². The standard InChI is InChI=1S/C25H28N4O6S/c1-17-8-9-19(15-21(17)36(33,34)28-11-13-35-14-12-28)26-22(30)16-29-23(31)25(27-24(29)32)10-4-6-18-5-2-3-7-20(18)25/h2-3,5,7-9,15H,4,6,10-14,16H2,1H3,(H,26,30)(H,27,32)/t25-/m1/s1. The van der Waals surface area contributed by atoms with Gasteiger partial charge in [-0.05, 0) is 55.0 Å². The summed E-state index contributed by atoms with van der Waals surface area (Å²) in [6, 6.07) is 11.5. The number of amides is 4. The fourth-order valence-corrected chi connectivity index (χ4v) is 6.84. The molecule has 4 amide bonds. The highest BCUT2D eigenvalue weighted by molar-refractivity contribution is 7.89. The molecule has 1 aliphatic carbocycles. The predicted molar refractivity (Wildman–Crippen MR) is 131 cm³/mol. The first-order valence-corrected chi connectivity index (χ1v) is 13.4. The number of nitrogens with zero attached hydrogens (tertiary/aromatic N) is 2. The zero-order chi connectivity index (χ0) is 25.5. The van der Waals surface area contributed by atoms with E-state index < -0.39 is 40.0 Å². The summed E-state index contributed by atoms with van der Waals surface area (Å²) in [5, 5.41) is 5.47. The summed E-state index contributed by atoms with van der Waals surface area (Å²) in [6.45, 7) is 2.38. The Labute approximate surface area is 209 Å². The Kier molecular flexibility index (Phi) is 6.31. The molecule has 0 aromatic heterocycles. The lowest BCUT2D eigenvalue weighted by Gasteiger charge is -2.33. The molecule has 36 heavy (non-hydrogen) atoms. The van der Waals surface area contributed by atoms with Gasteiger partial charge < -0.3 is 15.4 Å². The zero-order valence-electron chi connectivity index (χ0n) is 20.0. The van der Waals surface area contributed by atoms with Gasteiger partial charge in [0.05, 0.1) is 18.1 Å². The lowest BCUT2D eigenvalue weighted by molar-refractivity contribution is -0.134. The molecule has 0 radical (unpaired) electrons. The maximum atomic E-state index is 13.4. The molecule has 0 unspecified atom stereocenters. The molecule has 10 nitrogen and oxygen atoms in total. The minimum absolute atomic E-state index is 0.0926. The van der Waals surface area contributed by atoms with Gasteiger partial charge in [-0.15, -0.1) is 0 Å². The second kappa shape index (κ2) is 9.30. The summed E-state index contributed by atoms with van der Waals surface area (Å²) in [7, 11) is -3.76. The van der Waals surface area contributed by atoms with Gasteiger partial charge >= 0.3 is 6.03 Å². The summed E-state index contributed by atoms with van der Waals surface area (Å²) in [5.41, 5.74) is 1.44. The van der Waals surface area contributed by atoms with Gasteiger partial charge in [0.2, 0.25) is 15.9 Å². The zero-order valence-corrected chi connectivity index (χ0v) is 20.8. The molecule has 3 aliphatic rings. The number of rotatable bonds is 5. The van der Waals surface area contributed by atoms with E-state index in [1.54, 1.807) is 19.1 Å². The number of urea groups is 1. The molecule has 1 spiro atoms. The third-order valence-electron chi connectivity index (χ3n) is 7.01. The molecule has 2 saturated heterocycles. The van der Waals surface area contributed by atoms with E-state index in [0.717, 1.165) is 28.9 Å². The van der Waals surface area contributed by atoms with Crippen LogP contribution in [0.15, 0.2) is 47.4 Å². The SMILES string of the molecule is Cc1ccc(NC(=O)CN2C(=O)N[C@@]3(CCCc4ccccc43)C2=O)cc1S(=O)(=O)N1CCOCC1. The molecule has 2 heterocycles. The maximum Gasteiger partial charge on any atom is 0.325 e. The minimum Gasteiger partial charge on any atom is -0.379 e. The number of carbonyl (C=O) groups excluding carboxylic acids is 3. The van der Waals surface area contributed by atoms with Crippen molar-refractivity contribution < 1.29 is 27.5 Å². The Morgan fingerprint density at radius 2 is 1.89 bits per heavy atom. The first-order valence-electron chi connectivity index (χ1n) is 11.9. The highest BCUT2D eigenvalue weighted by Gasteiger charge is 2.54. The molecule has 1 atom stereocenters. The van der Waals surface area contributed by atoms with Crippen LogP contribution in [-0.2, 0) is 36.3 Å². The quantitative estimate of drug-likeness (QED) is 0.588. The van der Waals surface area contributed by atoms with E-state index in [9.17, 15) is 22.8 Å². The first-order chi connectivity index (χ1) is 17.2. The van der Waals surface area contributed by atoms with E-state index >= 15 is 0 Å². The Balaban J connectivity index is 1.33. The molecule has 0 saturated carbocycles. The highest BCUT2D eigenvalue weighted by Crippen LogP contribution is 2.39. The van der Waals surface area contributed by atoms with E-state index in [4.69, 9.17) is 4.74 Å². The van der Waals surface area contributed by atoms with Gasteiger partial charge in [0.25, 0.3) is 5.91 Å². The number of carbonyl (C=O) groups is 3. The van der Waals surface area contributed by atoms with E-state index in [1.165, 1.54) is 10.4 Å². The number of hydrogen-bond acceptors (Lipinski definition) is 6. The number of hydrogen-bond donors (Lipinski definition) is 2. The lowest BCUT2D eigenvalue weighted by Crippen LogP contribution is -2.47. The average Bonchev–Trinajstić information content (AvgIpc) is 3.10. The number of morpholine rings is 1. The van der Waals surface area contributed by atoms with Gasteiger partial charge in [0.15, 0.2) is 0 Å². The molecule has 190 valence electrons. The van der Waals surface area contributed by atoms with Crippen molar-refractivity contribution in [3.8, 4) is 0 Å². The van der Waals surface area contributed by atoms with Crippen molar-refractivity contribution >= 4 is 33.6 Å². The molecule has 0 bridgehead atoms. The van der Waals surface area contributed by atoms with Crippen LogP contribution in [0.25, 0.3) is 0 Å². The second-order valence-corrected chi connectivity index (χ2v) is 11.2. The highest BCUT2D eigenvalue weighted by atomic mass is 32.2. The third kappa shape index (κ3) is 4.16.